The minimum atomic E-state index is -1.15. The van der Waals surface area contributed by atoms with Crippen molar-refractivity contribution in [1.29, 1.82) is 0 Å². The van der Waals surface area contributed by atoms with Gasteiger partial charge in [0.1, 0.15) is 12.1 Å². The first kappa shape index (κ1) is 41.2. The van der Waals surface area contributed by atoms with Crippen molar-refractivity contribution in [2.75, 3.05) is 7.11 Å². The molecule has 51 heavy (non-hydrogen) atoms. The Morgan fingerprint density at radius 1 is 0.882 bits per heavy atom. The number of ether oxygens (including phenoxy) is 2. The summed E-state index contributed by atoms with van der Waals surface area (Å²) >= 11 is 0. The summed E-state index contributed by atoms with van der Waals surface area (Å²) in [5, 5.41) is 16.0. The molecule has 2 amide bonds. The molecule has 0 radical (unpaired) electrons. The number of hydrogen-bond acceptors (Lipinski definition) is 6. The highest BCUT2D eigenvalue weighted by atomic mass is 16.5. The van der Waals surface area contributed by atoms with Gasteiger partial charge in [-0.1, -0.05) is 61.0 Å². The minimum Gasteiger partial charge on any atom is -0.481 e. The third kappa shape index (κ3) is 7.10. The Balaban J connectivity index is 0.00000188. The van der Waals surface area contributed by atoms with Crippen LogP contribution in [-0.4, -0.2) is 53.8 Å². The largest absolute Gasteiger partial charge is 0.481 e. The molecule has 0 aliphatic heterocycles. The zero-order chi connectivity index (χ0) is 38.4. The first-order chi connectivity index (χ1) is 23.6. The van der Waals surface area contributed by atoms with E-state index in [0.717, 1.165) is 64.2 Å². The first-order valence-electron chi connectivity index (χ1n) is 19.8. The number of esters is 2. The van der Waals surface area contributed by atoms with E-state index in [1.807, 2.05) is 20.8 Å². The zero-order valence-electron chi connectivity index (χ0n) is 33.7. The fraction of sp³-hybridized carbons (Fsp3) is 0.857. The topological polar surface area (TPSA) is 131 Å². The lowest BCUT2D eigenvalue weighted by Gasteiger charge is -2.72. The SMILES string of the molecule is C=CC.COC(=O)C(NC(=O)NC12CCCC1C1CCC3C4(C)CCC(OC(=O)CC(C)(C)C(=O)O)C(C)(C)C4CCC3(C)[C@]1(C)CC2)C(C)C. The summed E-state index contributed by atoms with van der Waals surface area (Å²) in [5.41, 5.74) is -1.16. The molecule has 0 saturated heterocycles. The molecule has 9 nitrogen and oxygen atoms in total. The third-order valence-corrected chi connectivity index (χ3v) is 15.5. The number of rotatable bonds is 8. The van der Waals surface area contributed by atoms with E-state index in [0.29, 0.717) is 23.7 Å². The van der Waals surface area contributed by atoms with Gasteiger partial charge in [0, 0.05) is 11.0 Å². The number of allylic oxidation sites excluding steroid dienone is 1. The molecule has 5 fully saturated rings. The van der Waals surface area contributed by atoms with Crippen LogP contribution in [0.15, 0.2) is 12.7 Å². The van der Waals surface area contributed by atoms with Crippen LogP contribution in [0.3, 0.4) is 0 Å². The molecule has 0 heterocycles. The van der Waals surface area contributed by atoms with Gasteiger partial charge in [-0.2, -0.15) is 0 Å². The van der Waals surface area contributed by atoms with Crippen molar-refractivity contribution in [3.05, 3.63) is 12.7 Å². The summed E-state index contributed by atoms with van der Waals surface area (Å²) in [6, 6.07) is -0.932. The van der Waals surface area contributed by atoms with Gasteiger partial charge in [-0.3, -0.25) is 9.59 Å². The van der Waals surface area contributed by atoms with E-state index in [-0.39, 0.29) is 51.7 Å². The lowest BCUT2D eigenvalue weighted by Crippen LogP contribution is -2.69. The number of hydrogen-bond donors (Lipinski definition) is 3. The molecule has 0 bridgehead atoms. The highest BCUT2D eigenvalue weighted by Crippen LogP contribution is 2.76. The van der Waals surface area contributed by atoms with E-state index in [4.69, 9.17) is 9.47 Å². The molecule has 5 saturated carbocycles. The van der Waals surface area contributed by atoms with Gasteiger partial charge in [0.05, 0.1) is 18.9 Å². The summed E-state index contributed by atoms with van der Waals surface area (Å²) in [5.74, 6) is 0.0342. The van der Waals surface area contributed by atoms with E-state index in [1.54, 1.807) is 19.9 Å². The van der Waals surface area contributed by atoms with Crippen molar-refractivity contribution < 1.29 is 33.8 Å². The standard InChI is InChI=1S/C39H64N2O7.C3H6/c1-23(2)30(31(43)47-10)40-33(46)41-39-17-11-12-25(39)24-13-14-27-36(7)18-16-28(48-29(42)22-34(3,4)32(44)45)35(5,6)26(36)15-19-38(27,9)37(24,8)20-21-39;1-3-2/h23-28,30H,11-22H2,1-10H3,(H,44,45)(H2,40,41,46);3H,1H2,2H3/t24?,25?,26?,27?,28?,30?,36?,37-,38?,39?;/m1./s1. The number of urea groups is 1. The second-order valence-corrected chi connectivity index (χ2v) is 19.3. The number of methoxy groups -OCH3 is 1. The van der Waals surface area contributed by atoms with Crippen LogP contribution in [0.1, 0.15) is 146 Å². The van der Waals surface area contributed by atoms with Gasteiger partial charge in [0.2, 0.25) is 0 Å². The van der Waals surface area contributed by atoms with Crippen molar-refractivity contribution in [3.8, 4) is 0 Å². The molecule has 5 aliphatic rings. The fourth-order valence-corrected chi connectivity index (χ4v) is 12.6. The number of nitrogens with one attached hydrogen (secondary N) is 2. The Bertz CT molecular complexity index is 1340. The monoisotopic (exact) mass is 715 g/mol. The number of amides is 2. The van der Waals surface area contributed by atoms with E-state index >= 15 is 0 Å². The Morgan fingerprint density at radius 2 is 1.53 bits per heavy atom. The smallest absolute Gasteiger partial charge is 0.328 e. The number of fused-ring (bicyclic) bond motifs is 7. The number of carbonyl (C=O) groups excluding carboxylic acids is 3. The van der Waals surface area contributed by atoms with Gasteiger partial charge < -0.3 is 25.2 Å². The summed E-state index contributed by atoms with van der Waals surface area (Å²) in [6.45, 7) is 24.5. The number of aliphatic carboxylic acids is 1. The fourth-order valence-electron chi connectivity index (χ4n) is 12.6. The maximum atomic E-state index is 13.5. The maximum absolute atomic E-state index is 13.5. The molecule has 0 aromatic carbocycles. The average Bonchev–Trinajstić information content (AvgIpc) is 3.44. The van der Waals surface area contributed by atoms with Crippen molar-refractivity contribution in [1.82, 2.24) is 10.6 Å². The Kier molecular flexibility index (Phi) is 11.9. The normalized spacial score (nSPS) is 38.5. The molecule has 9 heteroatoms. The third-order valence-electron chi connectivity index (χ3n) is 15.5. The molecule has 5 rings (SSSR count). The second kappa shape index (κ2) is 14.7. The predicted octanol–water partition coefficient (Wildman–Crippen LogP) is 8.70. The Labute approximate surface area is 308 Å². The average molecular weight is 715 g/mol. The zero-order valence-corrected chi connectivity index (χ0v) is 33.7. The van der Waals surface area contributed by atoms with Crippen LogP contribution in [0, 0.1) is 56.7 Å². The molecule has 10 atom stereocenters. The number of carboxylic acid groups (broad SMARTS) is 1. The molecule has 9 unspecified atom stereocenters. The van der Waals surface area contributed by atoms with Gasteiger partial charge in [-0.25, -0.2) is 9.59 Å². The van der Waals surface area contributed by atoms with Crippen LogP contribution >= 0.6 is 0 Å². The molecular formula is C42H70N2O7. The summed E-state index contributed by atoms with van der Waals surface area (Å²) in [4.78, 5) is 50.6. The second-order valence-electron chi connectivity index (χ2n) is 19.3. The van der Waals surface area contributed by atoms with Crippen molar-refractivity contribution in [2.24, 2.45) is 56.7 Å². The van der Waals surface area contributed by atoms with E-state index in [9.17, 15) is 24.3 Å². The van der Waals surface area contributed by atoms with Gasteiger partial charge in [-0.05, 0) is 131 Å². The Hall–Kier alpha value is -2.58. The quantitative estimate of drug-likeness (QED) is 0.169. The van der Waals surface area contributed by atoms with Crippen LogP contribution in [0.25, 0.3) is 0 Å². The molecule has 0 spiro atoms. The van der Waals surface area contributed by atoms with Crippen LogP contribution in [0.5, 0.6) is 0 Å². The lowest BCUT2D eigenvalue weighted by molar-refractivity contribution is -0.244. The first-order valence-corrected chi connectivity index (χ1v) is 19.8. The molecule has 0 aromatic rings. The van der Waals surface area contributed by atoms with Gasteiger partial charge in [0.25, 0.3) is 0 Å². The van der Waals surface area contributed by atoms with Crippen LogP contribution < -0.4 is 10.6 Å². The van der Waals surface area contributed by atoms with E-state index in [2.05, 4.69) is 51.8 Å². The molecule has 3 N–H and O–H groups in total. The predicted molar refractivity (Wildman–Crippen MR) is 200 cm³/mol. The van der Waals surface area contributed by atoms with Crippen molar-refractivity contribution in [3.63, 3.8) is 0 Å². The molecule has 290 valence electrons. The summed E-state index contributed by atoms with van der Waals surface area (Å²) < 4.78 is 11.1. The van der Waals surface area contributed by atoms with E-state index in [1.165, 1.54) is 13.5 Å². The lowest BCUT2D eigenvalue weighted by atomic mass is 9.33. The van der Waals surface area contributed by atoms with Crippen molar-refractivity contribution >= 4 is 23.9 Å². The van der Waals surface area contributed by atoms with E-state index < -0.39 is 29.4 Å². The molecule has 0 aromatic heterocycles. The Morgan fingerprint density at radius 3 is 2.12 bits per heavy atom. The molecular weight excluding hydrogens is 644 g/mol. The van der Waals surface area contributed by atoms with Gasteiger partial charge >= 0.3 is 23.9 Å². The molecule has 5 aliphatic carbocycles. The summed E-state index contributed by atoms with van der Waals surface area (Å²) in [7, 11) is 1.36. The van der Waals surface area contributed by atoms with Crippen molar-refractivity contribution in [2.45, 2.75) is 164 Å². The summed E-state index contributed by atoms with van der Waals surface area (Å²) in [6.07, 6.45) is 13.1. The highest BCUT2D eigenvalue weighted by molar-refractivity contribution is 5.84. The van der Waals surface area contributed by atoms with Crippen LogP contribution in [-0.2, 0) is 23.9 Å². The van der Waals surface area contributed by atoms with Gasteiger partial charge in [0.15, 0.2) is 0 Å². The van der Waals surface area contributed by atoms with Crippen LogP contribution in [0.4, 0.5) is 4.79 Å². The number of carbonyl (C=O) groups is 4. The van der Waals surface area contributed by atoms with Crippen LogP contribution in [0.2, 0.25) is 0 Å². The number of carboxylic acids is 1. The highest BCUT2D eigenvalue weighted by Gasteiger charge is 2.70. The van der Waals surface area contributed by atoms with Gasteiger partial charge in [-0.15, -0.1) is 6.58 Å². The maximum Gasteiger partial charge on any atom is 0.328 e. The minimum absolute atomic E-state index is 0.0716.